The van der Waals surface area contributed by atoms with Gasteiger partial charge in [-0.15, -0.1) is 11.8 Å². The number of nitrogens with one attached hydrogen (secondary N) is 2. The Hall–Kier alpha value is -4.31. The molecule has 216 valence electrons. The summed E-state index contributed by atoms with van der Waals surface area (Å²) < 4.78 is 4.26. The molecule has 0 aromatic heterocycles. The Morgan fingerprint density at radius 3 is 1.66 bits per heavy atom. The number of aliphatic carboxylic acids is 1. The van der Waals surface area contributed by atoms with Crippen LogP contribution >= 0.6 is 11.8 Å². The number of carboxylic acid groups (broad SMARTS) is 1. The second-order valence-electron chi connectivity index (χ2n) is 9.65. The molecule has 3 aromatic carbocycles. The van der Waals surface area contributed by atoms with Crippen LogP contribution in [0.15, 0.2) is 91.0 Å². The summed E-state index contributed by atoms with van der Waals surface area (Å²) in [5.41, 5.74) is 8.07. The molecule has 0 fully saturated rings. The molecule has 0 aliphatic carbocycles. The molecule has 3 aromatic rings. The zero-order chi connectivity index (χ0) is 29.8. The van der Waals surface area contributed by atoms with Gasteiger partial charge >= 0.3 is 12.1 Å². The Labute approximate surface area is 243 Å². The third-order valence-corrected chi connectivity index (χ3v) is 7.89. The van der Waals surface area contributed by atoms with E-state index < -0.39 is 46.8 Å². The second-order valence-corrected chi connectivity index (χ2v) is 10.9. The van der Waals surface area contributed by atoms with E-state index in [1.807, 2.05) is 91.0 Å². The quantitative estimate of drug-likeness (QED) is 0.211. The van der Waals surface area contributed by atoms with Crippen LogP contribution in [0.1, 0.15) is 43.4 Å². The van der Waals surface area contributed by atoms with Gasteiger partial charge in [0.1, 0.15) is 12.1 Å². The predicted octanol–water partition coefficient (Wildman–Crippen LogP) is 4.05. The summed E-state index contributed by atoms with van der Waals surface area (Å²) in [5, 5.41) is 15.1. The molecule has 0 heterocycles. The van der Waals surface area contributed by atoms with Gasteiger partial charge in [0.25, 0.3) is 0 Å². The molecule has 3 rings (SSSR count). The number of carbonyl (C=O) groups excluding carboxylic acids is 3. The van der Waals surface area contributed by atoms with Crippen LogP contribution in [0.3, 0.4) is 0 Å². The average Bonchev–Trinajstić information content (AvgIpc) is 2.96. The summed E-state index contributed by atoms with van der Waals surface area (Å²) in [6, 6.07) is 26.7. The lowest BCUT2D eigenvalue weighted by molar-refractivity contribution is -0.141. The van der Waals surface area contributed by atoms with Gasteiger partial charge < -0.3 is 26.2 Å². The first-order valence-corrected chi connectivity index (χ1v) is 14.2. The second kappa shape index (κ2) is 14.9. The number of rotatable bonds is 14. The van der Waals surface area contributed by atoms with Gasteiger partial charge in [-0.05, 0) is 37.0 Å². The van der Waals surface area contributed by atoms with Gasteiger partial charge in [0, 0.05) is 12.2 Å². The van der Waals surface area contributed by atoms with Crippen molar-refractivity contribution in [2.24, 2.45) is 5.73 Å². The molecule has 2 atom stereocenters. The maximum absolute atomic E-state index is 13.2. The SMILES string of the molecule is CC(C)OC(=O)N[C@@H](CCC(N)=O)C(=O)N[C@@H](CSC(c1ccccc1)(c1ccccc1)c1ccccc1)C(=O)O. The van der Waals surface area contributed by atoms with Crippen LogP contribution in [0.4, 0.5) is 4.79 Å². The number of benzene rings is 3. The summed E-state index contributed by atoms with van der Waals surface area (Å²) in [4.78, 5) is 49.2. The van der Waals surface area contributed by atoms with Crippen molar-refractivity contribution in [1.29, 1.82) is 0 Å². The predicted molar refractivity (Wildman–Crippen MR) is 158 cm³/mol. The van der Waals surface area contributed by atoms with Gasteiger partial charge in [0.2, 0.25) is 11.8 Å². The molecule has 5 N–H and O–H groups in total. The lowest BCUT2D eigenvalue weighted by atomic mass is 9.84. The van der Waals surface area contributed by atoms with Gasteiger partial charge in [-0.2, -0.15) is 0 Å². The highest BCUT2D eigenvalue weighted by Crippen LogP contribution is 2.48. The molecule has 0 aliphatic rings. The first kappa shape index (κ1) is 31.2. The van der Waals surface area contributed by atoms with E-state index in [9.17, 15) is 24.3 Å². The number of amides is 3. The molecule has 0 aliphatic heterocycles. The van der Waals surface area contributed by atoms with E-state index in [2.05, 4.69) is 10.6 Å². The van der Waals surface area contributed by atoms with E-state index in [0.717, 1.165) is 16.7 Å². The summed E-state index contributed by atoms with van der Waals surface area (Å²) in [6.45, 7) is 3.29. The maximum Gasteiger partial charge on any atom is 0.408 e. The minimum Gasteiger partial charge on any atom is -0.480 e. The summed E-state index contributed by atoms with van der Waals surface area (Å²) in [5.74, 6) is -2.68. The largest absolute Gasteiger partial charge is 0.480 e. The number of hydrogen-bond donors (Lipinski definition) is 4. The van der Waals surface area contributed by atoms with Crippen molar-refractivity contribution in [1.82, 2.24) is 10.6 Å². The van der Waals surface area contributed by atoms with Gasteiger partial charge in [-0.1, -0.05) is 91.0 Å². The van der Waals surface area contributed by atoms with Crippen LogP contribution in [0.2, 0.25) is 0 Å². The smallest absolute Gasteiger partial charge is 0.408 e. The molecule has 0 saturated heterocycles. The highest BCUT2D eigenvalue weighted by Gasteiger charge is 2.39. The summed E-state index contributed by atoms with van der Waals surface area (Å²) >= 11 is 1.38. The van der Waals surface area contributed by atoms with Crippen LogP contribution < -0.4 is 16.4 Å². The third kappa shape index (κ3) is 8.59. The van der Waals surface area contributed by atoms with Gasteiger partial charge in [-0.25, -0.2) is 9.59 Å². The van der Waals surface area contributed by atoms with E-state index in [1.165, 1.54) is 11.8 Å². The number of primary amides is 1. The maximum atomic E-state index is 13.2. The number of carbonyl (C=O) groups is 4. The van der Waals surface area contributed by atoms with Crippen LogP contribution in [-0.2, 0) is 23.9 Å². The molecule has 0 bridgehead atoms. The summed E-state index contributed by atoms with van der Waals surface area (Å²) in [7, 11) is 0. The molecule has 0 unspecified atom stereocenters. The number of alkyl carbamates (subject to hydrolysis) is 1. The van der Waals surface area contributed by atoms with Crippen molar-refractivity contribution < 1.29 is 29.0 Å². The number of thioether (sulfide) groups is 1. The third-order valence-electron chi connectivity index (χ3n) is 6.25. The highest BCUT2D eigenvalue weighted by molar-refractivity contribution is 8.00. The van der Waals surface area contributed by atoms with Crippen molar-refractivity contribution >= 4 is 35.6 Å². The normalized spacial score (nSPS) is 12.7. The van der Waals surface area contributed by atoms with Gasteiger partial charge in [0.15, 0.2) is 0 Å². The standard InChI is InChI=1S/C31H35N3O6S/c1-21(2)40-30(39)34-25(18-19-27(32)35)28(36)33-26(29(37)38)20-41-31(22-12-6-3-7-13-22,23-14-8-4-9-15-23)24-16-10-5-11-17-24/h3-17,21,25-26H,18-20H2,1-2H3,(H2,32,35)(H,33,36)(H,34,39)(H,37,38)/t25-,26-/m0/s1. The Morgan fingerprint density at radius 1 is 0.805 bits per heavy atom. The lowest BCUT2D eigenvalue weighted by Gasteiger charge is -2.36. The molecule has 3 amide bonds. The topological polar surface area (TPSA) is 148 Å². The highest BCUT2D eigenvalue weighted by atomic mass is 32.2. The Bertz CT molecular complexity index is 1210. The van der Waals surface area contributed by atoms with E-state index in [0.29, 0.717) is 0 Å². The minimum absolute atomic E-state index is 0.0151. The molecule has 41 heavy (non-hydrogen) atoms. The fourth-order valence-electron chi connectivity index (χ4n) is 4.37. The Kier molecular flexibility index (Phi) is 11.3. The van der Waals surface area contributed by atoms with Crippen molar-refractivity contribution in [2.45, 2.75) is 49.6 Å². The van der Waals surface area contributed by atoms with Crippen LogP contribution in [0.5, 0.6) is 0 Å². The Balaban J connectivity index is 1.94. The first-order chi connectivity index (χ1) is 19.6. The molecular weight excluding hydrogens is 542 g/mol. The van der Waals surface area contributed by atoms with E-state index in [-0.39, 0.29) is 18.6 Å². The van der Waals surface area contributed by atoms with Crippen LogP contribution in [0.25, 0.3) is 0 Å². The molecule has 0 spiro atoms. The molecule has 0 saturated carbocycles. The van der Waals surface area contributed by atoms with Crippen molar-refractivity contribution in [3.63, 3.8) is 0 Å². The number of ether oxygens (including phenoxy) is 1. The number of carboxylic acids is 1. The van der Waals surface area contributed by atoms with Crippen molar-refractivity contribution in [3.05, 3.63) is 108 Å². The molecule has 9 nitrogen and oxygen atoms in total. The number of hydrogen-bond acceptors (Lipinski definition) is 6. The Morgan fingerprint density at radius 2 is 1.27 bits per heavy atom. The number of nitrogens with two attached hydrogens (primary N) is 1. The van der Waals surface area contributed by atoms with Gasteiger partial charge in [-0.3, -0.25) is 9.59 Å². The zero-order valence-electron chi connectivity index (χ0n) is 23.0. The zero-order valence-corrected chi connectivity index (χ0v) is 23.8. The first-order valence-electron chi connectivity index (χ1n) is 13.2. The summed E-state index contributed by atoms with van der Waals surface area (Å²) in [6.07, 6.45) is -1.61. The van der Waals surface area contributed by atoms with E-state index in [4.69, 9.17) is 10.5 Å². The fourth-order valence-corrected chi connectivity index (χ4v) is 5.92. The van der Waals surface area contributed by atoms with E-state index in [1.54, 1.807) is 13.8 Å². The fraction of sp³-hybridized carbons (Fsp3) is 0.290. The monoisotopic (exact) mass is 577 g/mol. The van der Waals surface area contributed by atoms with E-state index >= 15 is 0 Å². The lowest BCUT2D eigenvalue weighted by Crippen LogP contribution is -2.53. The minimum atomic E-state index is -1.32. The van der Waals surface area contributed by atoms with Gasteiger partial charge in [0.05, 0.1) is 10.9 Å². The molecular formula is C31H35N3O6S. The molecule has 10 heteroatoms. The van der Waals surface area contributed by atoms with Crippen molar-refractivity contribution in [2.75, 3.05) is 5.75 Å². The van der Waals surface area contributed by atoms with Crippen LogP contribution in [-0.4, -0.2) is 52.9 Å². The average molecular weight is 578 g/mol. The van der Waals surface area contributed by atoms with Crippen LogP contribution in [0, 0.1) is 0 Å². The van der Waals surface area contributed by atoms with Crippen molar-refractivity contribution in [3.8, 4) is 0 Å². The molecule has 0 radical (unpaired) electrons.